The smallest absolute Gasteiger partial charge is 0.336 e. The molecule has 14 heteroatoms. The van der Waals surface area contributed by atoms with Gasteiger partial charge in [0, 0.05) is 17.2 Å². The lowest BCUT2D eigenvalue weighted by Crippen LogP contribution is -2.36. The van der Waals surface area contributed by atoms with Crippen molar-refractivity contribution in [2.75, 3.05) is 20.8 Å². The zero-order valence-electron chi connectivity index (χ0n) is 24.7. The topological polar surface area (TPSA) is 238 Å². The molecule has 47 heavy (non-hydrogen) atoms. The molecule has 1 aliphatic rings. The Morgan fingerprint density at radius 2 is 1.47 bits per heavy atom. The number of ether oxygens (including phenoxy) is 3. The molecule has 2 atom stereocenters. The highest BCUT2D eigenvalue weighted by molar-refractivity contribution is 6.14. The summed E-state index contributed by atoms with van der Waals surface area (Å²) in [6.07, 6.45) is 0. The summed E-state index contributed by atoms with van der Waals surface area (Å²) in [6.45, 7) is -0.324. The van der Waals surface area contributed by atoms with Crippen LogP contribution in [0, 0.1) is 5.92 Å². The van der Waals surface area contributed by atoms with Crippen LogP contribution in [0.15, 0.2) is 66.7 Å². The molecule has 0 radical (unpaired) electrons. The molecule has 0 spiro atoms. The van der Waals surface area contributed by atoms with E-state index in [-0.39, 0.29) is 57.4 Å². The standard InChI is InChI=1S/C18H16O9.C15H12O5/c1-26-17-11(21)5-12-14(16(17)23)15(22)8(6-27-12)13(18(24)25)7-2-3-9(19)10(20)4-7;1-20-13-7-6-9(8-12(13)16)14(17)10-4-2-3-5-11(10)15(18)19/h2-5,8,13,19-21,23H,6H2,1H3,(H,24,25);2-8,16H,1H3,(H,18,19). The van der Waals surface area contributed by atoms with Crippen molar-refractivity contribution in [3.05, 3.63) is 94.5 Å². The van der Waals surface area contributed by atoms with Gasteiger partial charge in [-0.1, -0.05) is 24.3 Å². The average Bonchev–Trinajstić information content (AvgIpc) is 3.03. The molecule has 7 N–H and O–H groups in total. The SMILES string of the molecule is COc1c(O)cc2c(c1O)C(=O)C(C(C(=O)O)c1ccc(O)c(O)c1)CO2.COc1ccc(C(=O)c2ccccc2C(=O)O)cc1O. The van der Waals surface area contributed by atoms with Gasteiger partial charge in [0.25, 0.3) is 0 Å². The van der Waals surface area contributed by atoms with Gasteiger partial charge in [-0.15, -0.1) is 0 Å². The number of phenols is 5. The van der Waals surface area contributed by atoms with E-state index in [1.54, 1.807) is 12.1 Å². The Bertz CT molecular complexity index is 1880. The molecule has 0 saturated heterocycles. The van der Waals surface area contributed by atoms with E-state index in [0.29, 0.717) is 0 Å². The van der Waals surface area contributed by atoms with Crippen molar-refractivity contribution in [1.29, 1.82) is 0 Å². The molecule has 0 amide bonds. The summed E-state index contributed by atoms with van der Waals surface area (Å²) >= 11 is 0. The quantitative estimate of drug-likeness (QED) is 0.106. The van der Waals surface area contributed by atoms with Crippen LogP contribution in [0.4, 0.5) is 0 Å². The Hall–Kier alpha value is -6.44. The lowest BCUT2D eigenvalue weighted by atomic mass is 9.80. The molecule has 0 fully saturated rings. The Morgan fingerprint density at radius 3 is 2.04 bits per heavy atom. The molecule has 5 rings (SSSR count). The van der Waals surface area contributed by atoms with Gasteiger partial charge >= 0.3 is 11.9 Å². The third kappa shape index (κ3) is 6.66. The highest BCUT2D eigenvalue weighted by Gasteiger charge is 2.42. The molecule has 244 valence electrons. The van der Waals surface area contributed by atoms with Gasteiger partial charge in [-0.25, -0.2) is 4.79 Å². The molecular formula is C33H28O14. The fraction of sp³-hybridized carbons (Fsp3) is 0.152. The van der Waals surface area contributed by atoms with Gasteiger partial charge in [0.1, 0.15) is 11.3 Å². The number of hydrogen-bond acceptors (Lipinski definition) is 12. The normalized spacial score (nSPS) is 14.0. The fourth-order valence-electron chi connectivity index (χ4n) is 4.99. The molecular weight excluding hydrogens is 620 g/mol. The van der Waals surface area contributed by atoms with Crippen molar-refractivity contribution < 1.29 is 69.1 Å². The van der Waals surface area contributed by atoms with Crippen molar-refractivity contribution >= 4 is 23.5 Å². The minimum absolute atomic E-state index is 0.0737. The summed E-state index contributed by atoms with van der Waals surface area (Å²) < 4.78 is 15.2. The number of phenolic OH excluding ortho intramolecular Hbond substituents is 5. The van der Waals surface area contributed by atoms with Gasteiger partial charge in [0.15, 0.2) is 46.1 Å². The number of rotatable bonds is 8. The molecule has 2 unspecified atom stereocenters. The first-order valence-electron chi connectivity index (χ1n) is 13.6. The Labute approximate surface area is 265 Å². The van der Waals surface area contributed by atoms with Gasteiger partial charge in [-0.3, -0.25) is 14.4 Å². The molecule has 0 bridgehead atoms. The molecule has 0 saturated carbocycles. The second-order valence-electron chi connectivity index (χ2n) is 10.1. The van der Waals surface area contributed by atoms with E-state index < -0.39 is 58.3 Å². The molecule has 14 nitrogen and oxygen atoms in total. The zero-order chi connectivity index (χ0) is 34.6. The number of hydrogen-bond donors (Lipinski definition) is 7. The lowest BCUT2D eigenvalue weighted by Gasteiger charge is -2.29. The van der Waals surface area contributed by atoms with E-state index in [0.717, 1.165) is 18.2 Å². The van der Waals surface area contributed by atoms with Gasteiger partial charge in [-0.05, 0) is 42.0 Å². The van der Waals surface area contributed by atoms with Crippen molar-refractivity contribution in [3.63, 3.8) is 0 Å². The van der Waals surface area contributed by atoms with Crippen molar-refractivity contribution in [2.45, 2.75) is 5.92 Å². The second-order valence-corrected chi connectivity index (χ2v) is 10.1. The summed E-state index contributed by atoms with van der Waals surface area (Å²) in [7, 11) is 2.59. The number of ketones is 2. The fourth-order valence-corrected chi connectivity index (χ4v) is 4.99. The number of aromatic carboxylic acids is 1. The number of aromatic hydroxyl groups is 5. The van der Waals surface area contributed by atoms with Crippen LogP contribution in [0.25, 0.3) is 0 Å². The van der Waals surface area contributed by atoms with Crippen LogP contribution in [0.5, 0.6) is 46.0 Å². The number of aliphatic carboxylic acids is 1. The first-order chi connectivity index (χ1) is 22.3. The third-order valence-electron chi connectivity index (χ3n) is 7.27. The largest absolute Gasteiger partial charge is 0.504 e. The van der Waals surface area contributed by atoms with Crippen LogP contribution in [-0.4, -0.2) is 80.1 Å². The van der Waals surface area contributed by atoms with E-state index in [1.807, 2.05) is 0 Å². The van der Waals surface area contributed by atoms with Crippen molar-refractivity contribution in [2.24, 2.45) is 5.92 Å². The van der Waals surface area contributed by atoms with E-state index in [1.165, 1.54) is 50.6 Å². The van der Waals surface area contributed by atoms with Crippen molar-refractivity contribution in [1.82, 2.24) is 0 Å². The minimum Gasteiger partial charge on any atom is -0.504 e. The predicted octanol–water partition coefficient (Wildman–Crippen LogP) is 3.91. The number of methoxy groups -OCH3 is 2. The summed E-state index contributed by atoms with van der Waals surface area (Å²) in [5.74, 6) is -8.75. The van der Waals surface area contributed by atoms with Crippen LogP contribution in [0.2, 0.25) is 0 Å². The zero-order valence-corrected chi connectivity index (χ0v) is 24.7. The summed E-state index contributed by atoms with van der Waals surface area (Å²) in [5.41, 5.74) is -0.0297. The maximum absolute atomic E-state index is 12.9. The molecule has 4 aromatic carbocycles. The molecule has 0 aromatic heterocycles. The van der Waals surface area contributed by atoms with Crippen LogP contribution in [0.1, 0.15) is 48.1 Å². The van der Waals surface area contributed by atoms with Crippen LogP contribution in [0.3, 0.4) is 0 Å². The predicted molar refractivity (Wildman–Crippen MR) is 161 cm³/mol. The highest BCUT2D eigenvalue weighted by atomic mass is 16.5. The summed E-state index contributed by atoms with van der Waals surface area (Å²) in [4.78, 5) is 48.2. The van der Waals surface area contributed by atoms with Crippen LogP contribution < -0.4 is 14.2 Å². The average molecular weight is 649 g/mol. The van der Waals surface area contributed by atoms with E-state index >= 15 is 0 Å². The number of fused-ring (bicyclic) bond motifs is 1. The molecule has 1 heterocycles. The molecule has 4 aromatic rings. The first kappa shape index (κ1) is 33.5. The van der Waals surface area contributed by atoms with E-state index in [2.05, 4.69) is 0 Å². The maximum atomic E-state index is 12.9. The summed E-state index contributed by atoms with van der Waals surface area (Å²) in [5, 5.41) is 67.5. The van der Waals surface area contributed by atoms with E-state index in [4.69, 9.17) is 19.3 Å². The van der Waals surface area contributed by atoms with Crippen LogP contribution >= 0.6 is 0 Å². The number of carbonyl (C=O) groups excluding carboxylic acids is 2. The Balaban J connectivity index is 0.000000223. The van der Waals surface area contributed by atoms with Crippen LogP contribution in [-0.2, 0) is 4.79 Å². The number of Topliss-reactive ketones (excluding diaryl/α,β-unsaturated/α-hetero) is 1. The van der Waals surface area contributed by atoms with Gasteiger partial charge in [-0.2, -0.15) is 0 Å². The van der Waals surface area contributed by atoms with Gasteiger partial charge < -0.3 is 50.0 Å². The third-order valence-corrected chi connectivity index (χ3v) is 7.27. The number of carboxylic acid groups (broad SMARTS) is 2. The highest BCUT2D eigenvalue weighted by Crippen LogP contribution is 2.48. The number of benzene rings is 4. The van der Waals surface area contributed by atoms with Crippen molar-refractivity contribution in [3.8, 4) is 46.0 Å². The second kappa shape index (κ2) is 13.7. The van der Waals surface area contributed by atoms with E-state index in [9.17, 15) is 49.8 Å². The lowest BCUT2D eigenvalue weighted by molar-refractivity contribution is -0.140. The first-order valence-corrected chi connectivity index (χ1v) is 13.6. The number of carboxylic acids is 2. The Morgan fingerprint density at radius 1 is 0.787 bits per heavy atom. The molecule has 1 aliphatic heterocycles. The summed E-state index contributed by atoms with van der Waals surface area (Å²) in [6, 6.07) is 14.6. The Kier molecular flexibility index (Phi) is 9.74. The number of carbonyl (C=O) groups is 4. The minimum atomic E-state index is -1.41. The van der Waals surface area contributed by atoms with Gasteiger partial charge in [0.2, 0.25) is 5.75 Å². The monoisotopic (exact) mass is 648 g/mol. The maximum Gasteiger partial charge on any atom is 0.336 e. The van der Waals surface area contributed by atoms with Gasteiger partial charge in [0.05, 0.1) is 38.2 Å². The molecule has 0 aliphatic carbocycles.